The Morgan fingerprint density at radius 1 is 1.02 bits per heavy atom. The van der Waals surface area contributed by atoms with Crippen LogP contribution >= 0.6 is 0 Å². The molecular weight excluding hydrogens is 604 g/mol. The normalized spacial score (nSPS) is 21.3. The highest BCUT2D eigenvalue weighted by Crippen LogP contribution is 2.33. The van der Waals surface area contributed by atoms with Gasteiger partial charge >= 0.3 is 0 Å². The first kappa shape index (κ1) is 30.5. The Hall–Kier alpha value is -5.18. The number of nitro benzene ring substituents is 1. The van der Waals surface area contributed by atoms with Crippen molar-refractivity contribution in [3.63, 3.8) is 0 Å². The van der Waals surface area contributed by atoms with Crippen LogP contribution in [-0.2, 0) is 11.3 Å². The van der Waals surface area contributed by atoms with Crippen molar-refractivity contribution in [3.8, 4) is 0 Å². The molecule has 1 aliphatic carbocycles. The van der Waals surface area contributed by atoms with Gasteiger partial charge in [-0.3, -0.25) is 19.5 Å². The van der Waals surface area contributed by atoms with Crippen LogP contribution in [0.5, 0.6) is 0 Å². The van der Waals surface area contributed by atoms with Gasteiger partial charge in [-0.25, -0.2) is 15.0 Å². The summed E-state index contributed by atoms with van der Waals surface area (Å²) in [5.41, 5.74) is 2.23. The number of anilines is 2. The van der Waals surface area contributed by atoms with E-state index in [2.05, 4.69) is 49.1 Å². The van der Waals surface area contributed by atoms with Crippen LogP contribution in [0.4, 0.5) is 17.2 Å². The zero-order chi connectivity index (χ0) is 32.5. The molecule has 2 fully saturated rings. The second-order valence-electron chi connectivity index (χ2n) is 11.9. The molecule has 14 nitrogen and oxygen atoms in total. The number of carbonyl (C=O) groups excluding carboxylic acids is 1. The van der Waals surface area contributed by atoms with E-state index >= 15 is 0 Å². The number of carbonyl (C=O) groups is 1. The van der Waals surface area contributed by atoms with Crippen LogP contribution in [-0.4, -0.2) is 71.5 Å². The van der Waals surface area contributed by atoms with Crippen molar-refractivity contribution in [3.05, 3.63) is 94.6 Å². The van der Waals surface area contributed by atoms with Crippen LogP contribution in [0, 0.1) is 10.1 Å². The van der Waals surface area contributed by atoms with Gasteiger partial charge in [0.1, 0.15) is 30.3 Å². The molecule has 1 saturated heterocycles. The number of amides is 1. The molecule has 2 aliphatic rings. The summed E-state index contributed by atoms with van der Waals surface area (Å²) in [5.74, 6) is -0.0749. The van der Waals surface area contributed by atoms with Gasteiger partial charge in [0.2, 0.25) is 0 Å². The summed E-state index contributed by atoms with van der Waals surface area (Å²) in [7, 11) is 0. The lowest BCUT2D eigenvalue weighted by atomic mass is 10.0. The molecule has 1 aliphatic heterocycles. The lowest BCUT2D eigenvalue weighted by Gasteiger charge is -2.17. The number of nitrogens with zero attached hydrogens (tertiary/aromatic N) is 5. The van der Waals surface area contributed by atoms with Crippen molar-refractivity contribution in [2.24, 2.45) is 0 Å². The van der Waals surface area contributed by atoms with Gasteiger partial charge in [0.05, 0.1) is 11.3 Å². The van der Waals surface area contributed by atoms with Crippen molar-refractivity contribution in [2.75, 3.05) is 17.2 Å². The van der Waals surface area contributed by atoms with Crippen molar-refractivity contribution in [1.82, 2.24) is 24.8 Å². The Labute approximate surface area is 269 Å². The fourth-order valence-electron chi connectivity index (χ4n) is 6.45. The minimum Gasteiger partial charge on any atom is -0.387 e. The lowest BCUT2D eigenvalue weighted by Crippen LogP contribution is -2.39. The second-order valence-corrected chi connectivity index (χ2v) is 11.9. The highest BCUT2D eigenvalue weighted by Gasteiger charge is 2.44. The van der Waals surface area contributed by atoms with Gasteiger partial charge in [0, 0.05) is 30.8 Å². The first-order valence-corrected chi connectivity index (χ1v) is 15.6. The number of aliphatic hydroxyl groups excluding tert-OH is 2. The molecule has 47 heavy (non-hydrogen) atoms. The molecule has 4 atom stereocenters. The first-order chi connectivity index (χ1) is 22.9. The highest BCUT2D eigenvalue weighted by molar-refractivity contribution is 5.95. The minimum absolute atomic E-state index is 0.0964. The highest BCUT2D eigenvalue weighted by atomic mass is 16.6. The van der Waals surface area contributed by atoms with Crippen molar-refractivity contribution in [2.45, 2.75) is 62.8 Å². The van der Waals surface area contributed by atoms with E-state index in [1.807, 2.05) is 24.3 Å². The molecule has 5 aromatic rings. The average molecular weight is 639 g/mol. The fraction of sp³-hybridized carbons (Fsp3) is 0.333. The molecule has 0 spiro atoms. The number of benzene rings is 3. The number of nitrogens with one attached hydrogen (secondary N) is 3. The number of ether oxygens (including phenoxy) is 1. The summed E-state index contributed by atoms with van der Waals surface area (Å²) in [4.78, 5) is 37.4. The number of hydrogen-bond acceptors (Lipinski definition) is 11. The topological polar surface area (TPSA) is 190 Å². The SMILES string of the molecule is O=C(NC[C@H]1O[C@@H](n2cnc3c(NCc4cccc5ccccc45)ncnc32)[C@H](O)[C@@H]1O)c1ccc(NC2CCCC2)c([N+](=O)[O-])c1. The molecule has 1 saturated carbocycles. The van der Waals surface area contributed by atoms with Gasteiger partial charge in [0.25, 0.3) is 11.6 Å². The molecule has 0 radical (unpaired) electrons. The summed E-state index contributed by atoms with van der Waals surface area (Å²) in [6.45, 7) is 0.342. The third-order valence-corrected chi connectivity index (χ3v) is 8.93. The van der Waals surface area contributed by atoms with Crippen LogP contribution < -0.4 is 16.0 Å². The molecular formula is C33H34N8O6. The monoisotopic (exact) mass is 638 g/mol. The van der Waals surface area contributed by atoms with Gasteiger partial charge in [-0.2, -0.15) is 0 Å². The number of aromatic nitrogens is 4. The molecule has 3 heterocycles. The Morgan fingerprint density at radius 3 is 2.66 bits per heavy atom. The molecule has 2 aromatic heterocycles. The van der Waals surface area contributed by atoms with Crippen LogP contribution in [0.15, 0.2) is 73.3 Å². The predicted octanol–water partition coefficient (Wildman–Crippen LogP) is 3.90. The van der Waals surface area contributed by atoms with Gasteiger partial charge < -0.3 is 30.9 Å². The van der Waals surface area contributed by atoms with E-state index in [0.29, 0.717) is 29.2 Å². The largest absolute Gasteiger partial charge is 0.387 e. The number of fused-ring (bicyclic) bond motifs is 2. The van der Waals surface area contributed by atoms with Gasteiger partial charge in [-0.15, -0.1) is 0 Å². The summed E-state index contributed by atoms with van der Waals surface area (Å²) in [6, 6.07) is 18.7. The lowest BCUT2D eigenvalue weighted by molar-refractivity contribution is -0.384. The number of aliphatic hydroxyl groups is 2. The molecule has 14 heteroatoms. The Kier molecular flexibility index (Phi) is 8.37. The maximum Gasteiger partial charge on any atom is 0.293 e. The number of nitro groups is 1. The number of imidazole rings is 1. The van der Waals surface area contributed by atoms with E-state index in [4.69, 9.17) is 4.74 Å². The maximum absolute atomic E-state index is 13.0. The smallest absolute Gasteiger partial charge is 0.293 e. The average Bonchev–Trinajstić information content (AvgIpc) is 3.83. The van der Waals surface area contributed by atoms with E-state index in [9.17, 15) is 25.1 Å². The van der Waals surface area contributed by atoms with Crippen LogP contribution in [0.1, 0.15) is 47.8 Å². The molecule has 0 bridgehead atoms. The van der Waals surface area contributed by atoms with Gasteiger partial charge in [-0.1, -0.05) is 55.3 Å². The third-order valence-electron chi connectivity index (χ3n) is 8.93. The number of hydrogen-bond donors (Lipinski definition) is 5. The zero-order valence-corrected chi connectivity index (χ0v) is 25.3. The van der Waals surface area contributed by atoms with E-state index in [1.54, 1.807) is 6.07 Å². The Bertz CT molecular complexity index is 1940. The van der Waals surface area contributed by atoms with Crippen LogP contribution in [0.2, 0.25) is 0 Å². The van der Waals surface area contributed by atoms with Gasteiger partial charge in [0.15, 0.2) is 23.2 Å². The van der Waals surface area contributed by atoms with E-state index in [1.165, 1.54) is 29.4 Å². The van der Waals surface area contributed by atoms with Crippen molar-refractivity contribution < 1.29 is 24.7 Å². The third kappa shape index (κ3) is 6.05. The maximum atomic E-state index is 13.0. The van der Waals surface area contributed by atoms with Crippen LogP contribution in [0.25, 0.3) is 21.9 Å². The molecule has 242 valence electrons. The first-order valence-electron chi connectivity index (χ1n) is 15.6. The molecule has 0 unspecified atom stereocenters. The fourth-order valence-corrected chi connectivity index (χ4v) is 6.45. The Balaban J connectivity index is 1.02. The van der Waals surface area contributed by atoms with Crippen molar-refractivity contribution >= 4 is 45.0 Å². The molecule has 3 aromatic carbocycles. The van der Waals surface area contributed by atoms with Gasteiger partial charge in [-0.05, 0) is 41.3 Å². The summed E-state index contributed by atoms with van der Waals surface area (Å²) >= 11 is 0. The van der Waals surface area contributed by atoms with E-state index < -0.39 is 35.4 Å². The standard InChI is InChI=1S/C33H34N8O6/c42-28-26(16-35-32(44)20-12-13-24(25(14-20)41(45)46)39-22-9-2-3-10-22)47-33(29(28)43)40-18-38-27-30(36-17-37-31(27)40)34-15-21-8-5-7-19-6-1-4-11-23(19)21/h1,4-8,11-14,17-18,22,26,28-29,33,39,42-43H,2-3,9-10,15-16H2,(H,35,44)(H,34,36,37)/t26-,28-,29-,33-/m1/s1. The molecule has 7 rings (SSSR count). The summed E-state index contributed by atoms with van der Waals surface area (Å²) in [6.07, 6.45) is 2.19. The second kappa shape index (κ2) is 12.9. The Morgan fingerprint density at radius 2 is 1.83 bits per heavy atom. The summed E-state index contributed by atoms with van der Waals surface area (Å²) in [5, 5.41) is 45.0. The van der Waals surface area contributed by atoms with Crippen molar-refractivity contribution in [1.29, 1.82) is 0 Å². The van der Waals surface area contributed by atoms with E-state index in [0.717, 1.165) is 42.0 Å². The zero-order valence-electron chi connectivity index (χ0n) is 25.3. The van der Waals surface area contributed by atoms with Crippen LogP contribution in [0.3, 0.4) is 0 Å². The minimum atomic E-state index is -1.35. The number of rotatable bonds is 10. The quantitative estimate of drug-likeness (QED) is 0.110. The molecule has 5 N–H and O–H groups in total. The van der Waals surface area contributed by atoms with E-state index in [-0.39, 0.29) is 23.8 Å². The molecule has 1 amide bonds. The predicted molar refractivity (Wildman–Crippen MR) is 174 cm³/mol. The summed E-state index contributed by atoms with van der Waals surface area (Å²) < 4.78 is 7.53.